The normalized spacial score (nSPS) is 10.4. The van der Waals surface area contributed by atoms with E-state index in [4.69, 9.17) is 4.74 Å². The quantitative estimate of drug-likeness (QED) is 0.449. The van der Waals surface area contributed by atoms with Crippen LogP contribution in [0.25, 0.3) is 10.9 Å². The first kappa shape index (κ1) is 18.2. The fourth-order valence-electron chi connectivity index (χ4n) is 2.91. The van der Waals surface area contributed by atoms with Crippen molar-refractivity contribution in [3.63, 3.8) is 0 Å². The van der Waals surface area contributed by atoms with Crippen molar-refractivity contribution < 1.29 is 9.53 Å². The van der Waals surface area contributed by atoms with E-state index in [1.165, 1.54) is 6.33 Å². The number of amides is 2. The number of methoxy groups -OCH3 is 1. The monoisotopic (exact) mass is 385 g/mol. The third kappa shape index (κ3) is 4.24. The minimum atomic E-state index is -0.372. The van der Waals surface area contributed by atoms with Gasteiger partial charge in [-0.3, -0.25) is 0 Å². The Kier molecular flexibility index (Phi) is 5.20. The lowest BCUT2D eigenvalue weighted by Crippen LogP contribution is -2.19. The van der Waals surface area contributed by atoms with Crippen LogP contribution in [0.4, 0.5) is 27.7 Å². The Balaban J connectivity index is 1.66. The summed E-state index contributed by atoms with van der Waals surface area (Å²) in [4.78, 5) is 21.1. The molecule has 4 rings (SSSR count). The summed E-state index contributed by atoms with van der Waals surface area (Å²) in [6, 6.07) is 22.1. The molecule has 2 amide bonds. The molecule has 1 heterocycles. The van der Waals surface area contributed by atoms with Gasteiger partial charge in [-0.1, -0.05) is 36.4 Å². The molecule has 3 aromatic carbocycles. The van der Waals surface area contributed by atoms with Crippen LogP contribution in [0.1, 0.15) is 0 Å². The maximum absolute atomic E-state index is 12.4. The molecule has 0 aliphatic carbocycles. The number of nitrogens with zero attached hydrogens (tertiary/aromatic N) is 2. The Morgan fingerprint density at radius 2 is 1.55 bits per heavy atom. The van der Waals surface area contributed by atoms with E-state index in [1.54, 1.807) is 19.2 Å². The number of carbonyl (C=O) groups is 1. The van der Waals surface area contributed by atoms with Crippen LogP contribution in [0.2, 0.25) is 0 Å². The minimum Gasteiger partial charge on any atom is -0.494 e. The van der Waals surface area contributed by atoms with Gasteiger partial charge in [-0.2, -0.15) is 0 Å². The summed E-state index contributed by atoms with van der Waals surface area (Å²) < 4.78 is 5.44. The van der Waals surface area contributed by atoms with Crippen LogP contribution < -0.4 is 20.7 Å². The van der Waals surface area contributed by atoms with E-state index in [2.05, 4.69) is 25.9 Å². The molecule has 4 aromatic rings. The van der Waals surface area contributed by atoms with E-state index in [1.807, 2.05) is 60.7 Å². The van der Waals surface area contributed by atoms with Gasteiger partial charge >= 0.3 is 6.03 Å². The van der Waals surface area contributed by atoms with Gasteiger partial charge in [0.2, 0.25) is 0 Å². The summed E-state index contributed by atoms with van der Waals surface area (Å²) in [6.45, 7) is 0. The Hall–Kier alpha value is -4.13. The van der Waals surface area contributed by atoms with Crippen molar-refractivity contribution in [2.45, 2.75) is 0 Å². The van der Waals surface area contributed by atoms with Crippen molar-refractivity contribution in [1.82, 2.24) is 9.97 Å². The second kappa shape index (κ2) is 8.26. The fraction of sp³-hybridized carbons (Fsp3) is 0.0455. The van der Waals surface area contributed by atoms with Gasteiger partial charge in [0.25, 0.3) is 0 Å². The molecule has 7 nitrogen and oxygen atoms in total. The predicted molar refractivity (Wildman–Crippen MR) is 115 cm³/mol. The number of aromatic nitrogens is 2. The summed E-state index contributed by atoms with van der Waals surface area (Å²) >= 11 is 0. The lowest BCUT2D eigenvalue weighted by Gasteiger charge is -2.14. The van der Waals surface area contributed by atoms with Gasteiger partial charge in [0, 0.05) is 22.8 Å². The average Bonchev–Trinajstić information content (AvgIpc) is 2.75. The first-order valence-corrected chi connectivity index (χ1v) is 9.01. The zero-order valence-electron chi connectivity index (χ0n) is 15.7. The van der Waals surface area contributed by atoms with E-state index in [0.717, 1.165) is 11.1 Å². The van der Waals surface area contributed by atoms with Gasteiger partial charge in [-0.15, -0.1) is 0 Å². The largest absolute Gasteiger partial charge is 0.494 e. The smallest absolute Gasteiger partial charge is 0.323 e. The zero-order valence-corrected chi connectivity index (χ0v) is 15.7. The van der Waals surface area contributed by atoms with Crippen molar-refractivity contribution >= 4 is 39.8 Å². The second-order valence-corrected chi connectivity index (χ2v) is 6.23. The van der Waals surface area contributed by atoms with Crippen LogP contribution in [0.15, 0.2) is 79.1 Å². The molecule has 0 atom stereocenters. The number of benzene rings is 3. The topological polar surface area (TPSA) is 88.2 Å². The molecule has 29 heavy (non-hydrogen) atoms. The number of hydrogen-bond donors (Lipinski definition) is 3. The van der Waals surface area contributed by atoms with E-state index in [0.29, 0.717) is 28.5 Å². The van der Waals surface area contributed by atoms with Crippen molar-refractivity contribution in [2.24, 2.45) is 0 Å². The molecular weight excluding hydrogens is 366 g/mol. The van der Waals surface area contributed by atoms with E-state index in [-0.39, 0.29) is 6.03 Å². The highest BCUT2D eigenvalue weighted by Gasteiger charge is 2.13. The van der Waals surface area contributed by atoms with Gasteiger partial charge in [0.05, 0.1) is 18.3 Å². The third-order valence-electron chi connectivity index (χ3n) is 4.27. The highest BCUT2D eigenvalue weighted by atomic mass is 16.5. The third-order valence-corrected chi connectivity index (χ3v) is 4.27. The summed E-state index contributed by atoms with van der Waals surface area (Å²) in [5.74, 6) is 1.14. The standard InChI is InChI=1S/C22H19N5O2/c1-29-20-13-18-17(21(24-14-23-18)25-15-8-4-2-5-9-15)12-19(20)27-22(28)26-16-10-6-3-7-11-16/h2-14H,1H3,(H,23,24,25)(H2,26,27,28). The predicted octanol–water partition coefficient (Wildman–Crippen LogP) is 5.03. The van der Waals surface area contributed by atoms with E-state index < -0.39 is 0 Å². The average molecular weight is 385 g/mol. The molecule has 0 spiro atoms. The fourth-order valence-corrected chi connectivity index (χ4v) is 2.91. The summed E-state index contributed by atoms with van der Waals surface area (Å²) in [6.07, 6.45) is 1.49. The Labute approximate surface area is 167 Å². The molecule has 0 radical (unpaired) electrons. The molecule has 3 N–H and O–H groups in total. The van der Waals surface area contributed by atoms with Gasteiger partial charge in [0.15, 0.2) is 0 Å². The number of rotatable bonds is 5. The first-order valence-electron chi connectivity index (χ1n) is 9.01. The van der Waals surface area contributed by atoms with Crippen LogP contribution >= 0.6 is 0 Å². The van der Waals surface area contributed by atoms with Gasteiger partial charge in [-0.05, 0) is 30.3 Å². The molecule has 0 aliphatic rings. The molecule has 0 bridgehead atoms. The first-order chi connectivity index (χ1) is 14.2. The number of urea groups is 1. The van der Waals surface area contributed by atoms with Gasteiger partial charge in [0.1, 0.15) is 17.9 Å². The Morgan fingerprint density at radius 1 is 0.862 bits per heavy atom. The molecule has 1 aromatic heterocycles. The summed E-state index contributed by atoms with van der Waals surface area (Å²) in [5, 5.41) is 9.67. The molecule has 0 saturated heterocycles. The molecular formula is C22H19N5O2. The van der Waals surface area contributed by atoms with Crippen molar-refractivity contribution in [1.29, 1.82) is 0 Å². The molecule has 0 saturated carbocycles. The van der Waals surface area contributed by atoms with Crippen molar-refractivity contribution in [2.75, 3.05) is 23.1 Å². The lowest BCUT2D eigenvalue weighted by molar-refractivity contribution is 0.262. The van der Waals surface area contributed by atoms with Crippen LogP contribution in [0, 0.1) is 0 Å². The SMILES string of the molecule is COc1cc2ncnc(Nc3ccccc3)c2cc1NC(=O)Nc1ccccc1. The molecule has 0 fully saturated rings. The number of anilines is 4. The molecule has 0 unspecified atom stereocenters. The Morgan fingerprint density at radius 3 is 2.24 bits per heavy atom. The van der Waals surface area contributed by atoms with Gasteiger partial charge < -0.3 is 20.7 Å². The number of nitrogens with one attached hydrogen (secondary N) is 3. The Bertz CT molecular complexity index is 1130. The summed E-state index contributed by atoms with van der Waals surface area (Å²) in [7, 11) is 1.55. The number of ether oxygens (including phenoxy) is 1. The number of para-hydroxylation sites is 2. The number of carbonyl (C=O) groups excluding carboxylic acids is 1. The maximum atomic E-state index is 12.4. The van der Waals surface area contributed by atoms with Crippen LogP contribution in [0.5, 0.6) is 5.75 Å². The minimum absolute atomic E-state index is 0.372. The van der Waals surface area contributed by atoms with Crippen LogP contribution in [-0.2, 0) is 0 Å². The zero-order chi connectivity index (χ0) is 20.1. The summed E-state index contributed by atoms with van der Waals surface area (Å²) in [5.41, 5.74) is 2.81. The van der Waals surface area contributed by atoms with Crippen LogP contribution in [-0.4, -0.2) is 23.1 Å². The highest BCUT2D eigenvalue weighted by Crippen LogP contribution is 2.33. The number of hydrogen-bond acceptors (Lipinski definition) is 5. The van der Waals surface area contributed by atoms with Crippen molar-refractivity contribution in [3.05, 3.63) is 79.1 Å². The molecule has 144 valence electrons. The maximum Gasteiger partial charge on any atom is 0.323 e. The molecule has 0 aliphatic heterocycles. The van der Waals surface area contributed by atoms with E-state index in [9.17, 15) is 4.79 Å². The molecule has 7 heteroatoms. The number of fused-ring (bicyclic) bond motifs is 1. The van der Waals surface area contributed by atoms with Crippen molar-refractivity contribution in [3.8, 4) is 5.75 Å². The highest BCUT2D eigenvalue weighted by molar-refractivity contribution is 6.03. The van der Waals surface area contributed by atoms with Crippen LogP contribution in [0.3, 0.4) is 0 Å². The van der Waals surface area contributed by atoms with Gasteiger partial charge in [-0.25, -0.2) is 14.8 Å². The second-order valence-electron chi connectivity index (χ2n) is 6.23. The lowest BCUT2D eigenvalue weighted by atomic mass is 10.2. The van der Waals surface area contributed by atoms with E-state index >= 15 is 0 Å².